The summed E-state index contributed by atoms with van der Waals surface area (Å²) in [4.78, 5) is 13.5. The third-order valence-electron chi connectivity index (χ3n) is 2.86. The van der Waals surface area contributed by atoms with Crippen molar-refractivity contribution in [3.63, 3.8) is 0 Å². The Morgan fingerprint density at radius 3 is 2.57 bits per heavy atom. The average Bonchev–Trinajstić information content (AvgIpc) is 2.47. The van der Waals surface area contributed by atoms with Gasteiger partial charge in [-0.05, 0) is 31.2 Å². The first-order valence-corrected chi connectivity index (χ1v) is 6.56. The van der Waals surface area contributed by atoms with Crippen molar-refractivity contribution in [2.75, 3.05) is 27.3 Å². The van der Waals surface area contributed by atoms with Gasteiger partial charge < -0.3 is 19.5 Å². The molecule has 0 heterocycles. The monoisotopic (exact) mass is 292 g/mol. The molecule has 0 aliphatic heterocycles. The second-order valence-corrected chi connectivity index (χ2v) is 4.72. The van der Waals surface area contributed by atoms with E-state index in [-0.39, 0.29) is 19.1 Å². The van der Waals surface area contributed by atoms with Crippen LogP contribution in [0.1, 0.15) is 12.5 Å². The molecular formula is C15H20N2O4. The minimum atomic E-state index is -0.730. The third-order valence-corrected chi connectivity index (χ3v) is 2.86. The van der Waals surface area contributed by atoms with Crippen LogP contribution in [-0.2, 0) is 9.53 Å². The SMILES string of the molecule is COCC(O)CN(C)C(=O)C(C)Oc1ccc(C#N)cc1. The Bertz CT molecular complexity index is 495. The molecule has 114 valence electrons. The minimum Gasteiger partial charge on any atom is -0.481 e. The number of methoxy groups -OCH3 is 1. The van der Waals surface area contributed by atoms with Crippen molar-refractivity contribution in [1.29, 1.82) is 5.26 Å². The van der Waals surface area contributed by atoms with E-state index in [2.05, 4.69) is 0 Å². The summed E-state index contributed by atoms with van der Waals surface area (Å²) >= 11 is 0. The number of nitrogens with zero attached hydrogens (tertiary/aromatic N) is 2. The molecule has 6 nitrogen and oxygen atoms in total. The summed E-state index contributed by atoms with van der Waals surface area (Å²) in [5.74, 6) is 0.273. The highest BCUT2D eigenvalue weighted by molar-refractivity contribution is 5.80. The predicted molar refractivity (Wildman–Crippen MR) is 76.8 cm³/mol. The lowest BCUT2D eigenvalue weighted by molar-refractivity contribution is -0.138. The van der Waals surface area contributed by atoms with Crippen LogP contribution in [0.25, 0.3) is 0 Å². The van der Waals surface area contributed by atoms with Gasteiger partial charge in [0, 0.05) is 20.7 Å². The Balaban J connectivity index is 2.55. The Hall–Kier alpha value is -2.10. The fourth-order valence-corrected chi connectivity index (χ4v) is 1.82. The molecule has 0 radical (unpaired) electrons. The molecule has 2 atom stereocenters. The number of carbonyl (C=O) groups excluding carboxylic acids is 1. The normalized spacial score (nSPS) is 13.1. The van der Waals surface area contributed by atoms with Gasteiger partial charge in [0.15, 0.2) is 6.10 Å². The summed E-state index contributed by atoms with van der Waals surface area (Å²) in [5.41, 5.74) is 0.529. The maximum absolute atomic E-state index is 12.1. The molecule has 0 bridgehead atoms. The van der Waals surface area contributed by atoms with Crippen LogP contribution in [0.2, 0.25) is 0 Å². The molecule has 0 aliphatic carbocycles. The fourth-order valence-electron chi connectivity index (χ4n) is 1.82. The number of likely N-dealkylation sites (N-methyl/N-ethyl adjacent to an activating group) is 1. The van der Waals surface area contributed by atoms with E-state index in [4.69, 9.17) is 14.7 Å². The Morgan fingerprint density at radius 1 is 1.43 bits per heavy atom. The zero-order chi connectivity index (χ0) is 15.8. The molecule has 0 aromatic heterocycles. The summed E-state index contributed by atoms with van der Waals surface area (Å²) in [6, 6.07) is 8.54. The molecule has 6 heteroatoms. The highest BCUT2D eigenvalue weighted by Crippen LogP contribution is 2.14. The number of hydrogen-bond acceptors (Lipinski definition) is 5. The number of aliphatic hydroxyl groups excluding tert-OH is 1. The zero-order valence-corrected chi connectivity index (χ0v) is 12.4. The van der Waals surface area contributed by atoms with Crippen LogP contribution in [0.15, 0.2) is 24.3 Å². The molecule has 0 spiro atoms. The van der Waals surface area contributed by atoms with E-state index in [0.717, 1.165) is 0 Å². The van der Waals surface area contributed by atoms with E-state index < -0.39 is 12.2 Å². The molecule has 0 fully saturated rings. The van der Waals surface area contributed by atoms with E-state index in [1.165, 1.54) is 12.0 Å². The van der Waals surface area contributed by atoms with Crippen LogP contribution >= 0.6 is 0 Å². The number of ether oxygens (including phenoxy) is 2. The first kappa shape index (κ1) is 17.0. The van der Waals surface area contributed by atoms with Gasteiger partial charge in [-0.15, -0.1) is 0 Å². The summed E-state index contributed by atoms with van der Waals surface area (Å²) < 4.78 is 10.3. The number of benzene rings is 1. The molecular weight excluding hydrogens is 272 g/mol. The van der Waals surface area contributed by atoms with Gasteiger partial charge in [-0.1, -0.05) is 0 Å². The van der Waals surface area contributed by atoms with Gasteiger partial charge in [0.2, 0.25) is 0 Å². The van der Waals surface area contributed by atoms with E-state index in [1.54, 1.807) is 38.2 Å². The van der Waals surface area contributed by atoms with Crippen molar-refractivity contribution in [1.82, 2.24) is 4.90 Å². The molecule has 0 saturated carbocycles. The summed E-state index contributed by atoms with van der Waals surface area (Å²) in [6.07, 6.45) is -1.41. The van der Waals surface area contributed by atoms with Gasteiger partial charge in [-0.3, -0.25) is 4.79 Å². The van der Waals surface area contributed by atoms with Crippen molar-refractivity contribution in [3.05, 3.63) is 29.8 Å². The summed E-state index contributed by atoms with van der Waals surface area (Å²) in [5, 5.41) is 18.3. The molecule has 21 heavy (non-hydrogen) atoms. The Kier molecular flexibility index (Phi) is 6.66. The van der Waals surface area contributed by atoms with Gasteiger partial charge >= 0.3 is 0 Å². The average molecular weight is 292 g/mol. The smallest absolute Gasteiger partial charge is 0.263 e. The van der Waals surface area contributed by atoms with Gasteiger partial charge in [-0.25, -0.2) is 0 Å². The van der Waals surface area contributed by atoms with Crippen molar-refractivity contribution in [3.8, 4) is 11.8 Å². The van der Waals surface area contributed by atoms with E-state index in [9.17, 15) is 9.90 Å². The second kappa shape index (κ2) is 8.25. The maximum atomic E-state index is 12.1. The highest BCUT2D eigenvalue weighted by Gasteiger charge is 2.21. The largest absolute Gasteiger partial charge is 0.481 e. The lowest BCUT2D eigenvalue weighted by Crippen LogP contribution is -2.42. The number of nitriles is 1. The second-order valence-electron chi connectivity index (χ2n) is 4.72. The van der Waals surface area contributed by atoms with Crippen LogP contribution in [0.4, 0.5) is 0 Å². The standard InChI is InChI=1S/C15H20N2O4/c1-11(15(19)17(2)9-13(18)10-20-3)21-14-6-4-12(8-16)5-7-14/h4-7,11,13,18H,9-10H2,1-3H3. The predicted octanol–water partition coefficient (Wildman–Crippen LogP) is 0.791. The third kappa shape index (κ3) is 5.42. The topological polar surface area (TPSA) is 82.8 Å². The van der Waals surface area contributed by atoms with Crippen molar-refractivity contribution in [2.24, 2.45) is 0 Å². The molecule has 1 aromatic rings. The van der Waals surface area contributed by atoms with Crippen LogP contribution in [0.5, 0.6) is 5.75 Å². The number of amides is 1. The minimum absolute atomic E-state index is 0.169. The number of hydrogen-bond donors (Lipinski definition) is 1. The van der Waals surface area contributed by atoms with Crippen molar-refractivity contribution < 1.29 is 19.4 Å². The van der Waals surface area contributed by atoms with Gasteiger partial charge in [0.25, 0.3) is 5.91 Å². The molecule has 1 amide bonds. The first-order valence-electron chi connectivity index (χ1n) is 6.56. The first-order chi connectivity index (χ1) is 9.97. The lowest BCUT2D eigenvalue weighted by atomic mass is 10.2. The number of aliphatic hydroxyl groups is 1. The zero-order valence-electron chi connectivity index (χ0n) is 12.4. The number of rotatable bonds is 7. The molecule has 1 rings (SSSR count). The summed E-state index contributed by atoms with van der Waals surface area (Å²) in [7, 11) is 3.08. The quantitative estimate of drug-likeness (QED) is 0.803. The van der Waals surface area contributed by atoms with Crippen LogP contribution < -0.4 is 4.74 Å². The van der Waals surface area contributed by atoms with E-state index in [1.807, 2.05) is 6.07 Å². The van der Waals surface area contributed by atoms with Gasteiger partial charge in [-0.2, -0.15) is 5.26 Å². The molecule has 2 unspecified atom stereocenters. The van der Waals surface area contributed by atoms with Gasteiger partial charge in [0.05, 0.1) is 24.3 Å². The highest BCUT2D eigenvalue weighted by atomic mass is 16.5. The molecule has 0 aliphatic rings. The maximum Gasteiger partial charge on any atom is 0.263 e. The van der Waals surface area contributed by atoms with E-state index >= 15 is 0 Å². The van der Waals surface area contributed by atoms with Gasteiger partial charge in [0.1, 0.15) is 5.75 Å². The van der Waals surface area contributed by atoms with Crippen LogP contribution in [0.3, 0.4) is 0 Å². The number of carbonyl (C=O) groups is 1. The lowest BCUT2D eigenvalue weighted by Gasteiger charge is -2.24. The molecule has 1 N–H and O–H groups in total. The van der Waals surface area contributed by atoms with E-state index in [0.29, 0.717) is 11.3 Å². The molecule has 1 aromatic carbocycles. The van der Waals surface area contributed by atoms with Crippen LogP contribution in [-0.4, -0.2) is 55.4 Å². The van der Waals surface area contributed by atoms with Crippen LogP contribution in [0, 0.1) is 11.3 Å². The van der Waals surface area contributed by atoms with Crippen molar-refractivity contribution >= 4 is 5.91 Å². The Morgan fingerprint density at radius 2 is 2.05 bits per heavy atom. The van der Waals surface area contributed by atoms with Crippen molar-refractivity contribution in [2.45, 2.75) is 19.1 Å². The Labute approximate surface area is 124 Å². The molecule has 0 saturated heterocycles. The summed E-state index contributed by atoms with van der Waals surface area (Å²) in [6.45, 7) is 1.98. The fraction of sp³-hybridized carbons (Fsp3) is 0.467.